The van der Waals surface area contributed by atoms with Gasteiger partial charge in [-0.2, -0.15) is 33.1 Å². The summed E-state index contributed by atoms with van der Waals surface area (Å²) in [7, 11) is 1.61. The van der Waals surface area contributed by atoms with Crippen LogP contribution in [0.1, 0.15) is 0 Å². The second kappa shape index (κ2) is 8.64. The Morgan fingerprint density at radius 2 is 1.88 bits per heavy atom. The molecular weight excluding hydrogens is 448 g/mol. The number of benzene rings is 1. The van der Waals surface area contributed by atoms with Gasteiger partial charge in [0, 0.05) is 25.0 Å². The first-order valence-electron chi connectivity index (χ1n) is 9.19. The fraction of sp³-hybridized carbons (Fsp3) is 0.158. The molecule has 4 aromatic rings. The lowest BCUT2D eigenvalue weighted by atomic mass is 10.3. The van der Waals surface area contributed by atoms with Gasteiger partial charge in [-0.05, 0) is 24.3 Å². The molecule has 3 heterocycles. The second-order valence-electron chi connectivity index (χ2n) is 6.57. The summed E-state index contributed by atoms with van der Waals surface area (Å²) in [4.78, 5) is 21.7. The molecular formula is C19H14F4N8O2. The number of anilines is 3. The van der Waals surface area contributed by atoms with E-state index < -0.39 is 18.6 Å². The van der Waals surface area contributed by atoms with E-state index >= 15 is 0 Å². The minimum Gasteiger partial charge on any atom is -0.468 e. The lowest BCUT2D eigenvalue weighted by Crippen LogP contribution is -2.19. The number of nitrogens with two attached hydrogens (primary N) is 1. The van der Waals surface area contributed by atoms with E-state index in [9.17, 15) is 17.6 Å². The van der Waals surface area contributed by atoms with E-state index in [0.717, 1.165) is 0 Å². The van der Waals surface area contributed by atoms with E-state index in [0.29, 0.717) is 11.3 Å². The van der Waals surface area contributed by atoms with E-state index in [-0.39, 0.29) is 35.3 Å². The van der Waals surface area contributed by atoms with Crippen molar-refractivity contribution in [2.24, 2.45) is 0 Å². The number of hydrogen-bond acceptors (Lipinski definition) is 10. The highest BCUT2D eigenvalue weighted by Crippen LogP contribution is 2.25. The van der Waals surface area contributed by atoms with Crippen LogP contribution in [-0.4, -0.2) is 49.9 Å². The van der Waals surface area contributed by atoms with Crippen LogP contribution in [0.15, 0.2) is 47.1 Å². The highest BCUT2D eigenvalue weighted by atomic mass is 19.4. The van der Waals surface area contributed by atoms with Gasteiger partial charge in [0.2, 0.25) is 29.4 Å². The quantitative estimate of drug-likeness (QED) is 0.426. The van der Waals surface area contributed by atoms with Gasteiger partial charge < -0.3 is 19.9 Å². The van der Waals surface area contributed by atoms with E-state index in [1.54, 1.807) is 13.1 Å². The van der Waals surface area contributed by atoms with E-state index in [1.165, 1.54) is 41.4 Å². The molecule has 0 saturated heterocycles. The Kier molecular flexibility index (Phi) is 5.72. The standard InChI is InChI=1S/C19H14F4N8O2/c1-31(12-4-2-3-11(20)7-12)18-28-14(27-17(24)29-18)15-26-16(33-30-15)10-5-6-13(25-8-10)32-9-19(21,22)23/h2-8H,9H2,1H3,(H2,24,27,28,29). The molecule has 0 amide bonds. The topological polar surface area (TPSA) is 129 Å². The predicted molar refractivity (Wildman–Crippen MR) is 107 cm³/mol. The number of nitrogens with zero attached hydrogens (tertiary/aromatic N) is 7. The molecule has 0 spiro atoms. The molecule has 0 aliphatic rings. The first-order valence-corrected chi connectivity index (χ1v) is 9.19. The summed E-state index contributed by atoms with van der Waals surface area (Å²) < 4.78 is 60.0. The van der Waals surface area contributed by atoms with Gasteiger partial charge in [0.05, 0.1) is 5.56 Å². The lowest BCUT2D eigenvalue weighted by Gasteiger charge is -2.17. The largest absolute Gasteiger partial charge is 0.468 e. The molecule has 0 unspecified atom stereocenters. The molecule has 33 heavy (non-hydrogen) atoms. The van der Waals surface area contributed by atoms with Crippen LogP contribution >= 0.6 is 0 Å². The van der Waals surface area contributed by atoms with Crippen LogP contribution in [0, 0.1) is 5.82 Å². The van der Waals surface area contributed by atoms with E-state index in [4.69, 9.17) is 10.3 Å². The van der Waals surface area contributed by atoms with Crippen LogP contribution in [0.25, 0.3) is 23.1 Å². The van der Waals surface area contributed by atoms with Crippen molar-refractivity contribution in [1.82, 2.24) is 30.1 Å². The van der Waals surface area contributed by atoms with Gasteiger partial charge in [0.15, 0.2) is 6.61 Å². The molecule has 4 rings (SSSR count). The number of alkyl halides is 3. The summed E-state index contributed by atoms with van der Waals surface area (Å²) in [6.45, 7) is -1.46. The number of nitrogen functional groups attached to an aromatic ring is 1. The first-order chi connectivity index (χ1) is 15.7. The molecule has 1 aromatic carbocycles. The summed E-state index contributed by atoms with van der Waals surface area (Å²) in [6.07, 6.45) is -3.26. The molecule has 0 aliphatic carbocycles. The Bertz CT molecular complexity index is 1260. The highest BCUT2D eigenvalue weighted by molar-refractivity contribution is 5.60. The molecule has 2 N–H and O–H groups in total. The monoisotopic (exact) mass is 462 g/mol. The van der Waals surface area contributed by atoms with Crippen molar-refractivity contribution < 1.29 is 26.8 Å². The zero-order valence-electron chi connectivity index (χ0n) is 16.8. The molecule has 0 atom stereocenters. The smallest absolute Gasteiger partial charge is 0.422 e. The lowest BCUT2D eigenvalue weighted by molar-refractivity contribution is -0.154. The first kappa shape index (κ1) is 21.9. The molecule has 0 aliphatic heterocycles. The number of pyridine rings is 1. The number of rotatable bonds is 6. The van der Waals surface area contributed by atoms with Gasteiger partial charge in [-0.3, -0.25) is 0 Å². The SMILES string of the molecule is CN(c1cccc(F)c1)c1nc(N)nc(-c2noc(-c3ccc(OCC(F)(F)F)nc3)n2)n1. The van der Waals surface area contributed by atoms with Gasteiger partial charge in [-0.1, -0.05) is 11.2 Å². The second-order valence-corrected chi connectivity index (χ2v) is 6.57. The number of ether oxygens (including phenoxy) is 1. The molecule has 0 fully saturated rings. The van der Waals surface area contributed by atoms with Gasteiger partial charge in [0.25, 0.3) is 5.89 Å². The minimum absolute atomic E-state index is 0.00570. The number of hydrogen-bond donors (Lipinski definition) is 1. The maximum atomic E-state index is 13.6. The van der Waals surface area contributed by atoms with Crippen molar-refractivity contribution in [3.05, 3.63) is 48.4 Å². The third kappa shape index (κ3) is 5.28. The van der Waals surface area contributed by atoms with Gasteiger partial charge in [-0.25, -0.2) is 9.37 Å². The molecule has 3 aromatic heterocycles. The average molecular weight is 462 g/mol. The Hall–Kier alpha value is -4.36. The maximum absolute atomic E-state index is 13.6. The van der Waals surface area contributed by atoms with Gasteiger partial charge in [0.1, 0.15) is 5.82 Å². The average Bonchev–Trinajstić information content (AvgIpc) is 3.27. The molecule has 14 heteroatoms. The molecule has 10 nitrogen and oxygen atoms in total. The predicted octanol–water partition coefficient (Wildman–Crippen LogP) is 3.41. The van der Waals surface area contributed by atoms with E-state index in [2.05, 4.69) is 34.8 Å². The molecule has 0 saturated carbocycles. The fourth-order valence-corrected chi connectivity index (χ4v) is 2.61. The summed E-state index contributed by atoms with van der Waals surface area (Å²) >= 11 is 0. The van der Waals surface area contributed by atoms with E-state index in [1.807, 2.05) is 0 Å². The van der Waals surface area contributed by atoms with Crippen molar-refractivity contribution in [1.29, 1.82) is 0 Å². The molecule has 0 radical (unpaired) electrons. The van der Waals surface area contributed by atoms with Gasteiger partial charge >= 0.3 is 6.18 Å². The van der Waals surface area contributed by atoms with Crippen LogP contribution in [0.4, 0.5) is 35.1 Å². The maximum Gasteiger partial charge on any atom is 0.422 e. The van der Waals surface area contributed by atoms with Crippen LogP contribution in [0.3, 0.4) is 0 Å². The van der Waals surface area contributed by atoms with Crippen molar-refractivity contribution in [3.63, 3.8) is 0 Å². The van der Waals surface area contributed by atoms with Crippen molar-refractivity contribution in [2.75, 3.05) is 24.3 Å². The third-order valence-electron chi connectivity index (χ3n) is 4.13. The Balaban J connectivity index is 1.56. The Morgan fingerprint density at radius 1 is 1.06 bits per heavy atom. The third-order valence-corrected chi connectivity index (χ3v) is 4.13. The minimum atomic E-state index is -4.48. The van der Waals surface area contributed by atoms with Crippen molar-refractivity contribution in [3.8, 4) is 29.0 Å². The van der Waals surface area contributed by atoms with Crippen molar-refractivity contribution in [2.45, 2.75) is 6.18 Å². The zero-order valence-corrected chi connectivity index (χ0v) is 16.8. The highest BCUT2D eigenvalue weighted by Gasteiger charge is 2.28. The van der Waals surface area contributed by atoms with Crippen LogP contribution in [0.5, 0.6) is 5.88 Å². The zero-order chi connectivity index (χ0) is 23.6. The van der Waals surface area contributed by atoms with Crippen molar-refractivity contribution >= 4 is 17.6 Å². The summed E-state index contributed by atoms with van der Waals surface area (Å²) in [5.74, 6) is -0.684. The summed E-state index contributed by atoms with van der Waals surface area (Å²) in [5, 5.41) is 3.80. The molecule has 0 bridgehead atoms. The van der Waals surface area contributed by atoms with Gasteiger partial charge in [-0.15, -0.1) is 0 Å². The Labute approximate surface area is 183 Å². The fourth-order valence-electron chi connectivity index (χ4n) is 2.61. The van der Waals surface area contributed by atoms with Crippen LogP contribution in [-0.2, 0) is 0 Å². The summed E-state index contributed by atoms with van der Waals surface area (Å²) in [5.41, 5.74) is 6.58. The Morgan fingerprint density at radius 3 is 2.58 bits per heavy atom. The normalized spacial score (nSPS) is 11.4. The number of halogens is 4. The molecule has 170 valence electrons. The van der Waals surface area contributed by atoms with Crippen LogP contribution in [0.2, 0.25) is 0 Å². The van der Waals surface area contributed by atoms with Crippen LogP contribution < -0.4 is 15.4 Å². The number of aromatic nitrogens is 6. The summed E-state index contributed by atoms with van der Waals surface area (Å²) in [6, 6.07) is 8.42.